The van der Waals surface area contributed by atoms with Gasteiger partial charge in [-0.15, -0.1) is 5.10 Å². The van der Waals surface area contributed by atoms with E-state index in [1.54, 1.807) is 16.8 Å². The topological polar surface area (TPSA) is 81.9 Å². The van der Waals surface area contributed by atoms with Gasteiger partial charge in [0.15, 0.2) is 12.4 Å². The van der Waals surface area contributed by atoms with Crippen molar-refractivity contribution in [3.8, 4) is 11.4 Å². The van der Waals surface area contributed by atoms with E-state index in [0.29, 0.717) is 11.6 Å². The van der Waals surface area contributed by atoms with E-state index < -0.39 is 0 Å². The highest BCUT2D eigenvalue weighted by atomic mass is 79.9. The number of amides is 1. The maximum atomic E-state index is 11.9. The molecule has 0 aliphatic carbocycles. The molecule has 0 atom stereocenters. The highest BCUT2D eigenvalue weighted by Crippen LogP contribution is 2.14. The zero-order chi connectivity index (χ0) is 16.8. The number of ether oxygens (including phenoxy) is 1. The number of hydrogen-bond donors (Lipinski definition) is 1. The van der Waals surface area contributed by atoms with Gasteiger partial charge in [0.1, 0.15) is 5.75 Å². The Morgan fingerprint density at radius 3 is 2.62 bits per heavy atom. The second-order valence-electron chi connectivity index (χ2n) is 4.86. The van der Waals surface area contributed by atoms with Crippen molar-refractivity contribution in [1.82, 2.24) is 25.5 Å². The molecular weight excluding hydrogens is 374 g/mol. The van der Waals surface area contributed by atoms with E-state index in [4.69, 9.17) is 4.74 Å². The van der Waals surface area contributed by atoms with Crippen LogP contribution < -0.4 is 10.1 Å². The van der Waals surface area contributed by atoms with Gasteiger partial charge in [-0.1, -0.05) is 34.1 Å². The minimum Gasteiger partial charge on any atom is -0.484 e. The Hall–Kier alpha value is -2.74. The summed E-state index contributed by atoms with van der Waals surface area (Å²) in [5.74, 6) is 0.932. The van der Waals surface area contributed by atoms with Crippen molar-refractivity contribution in [1.29, 1.82) is 0 Å². The molecule has 0 fully saturated rings. The van der Waals surface area contributed by atoms with Crippen molar-refractivity contribution in [3.63, 3.8) is 0 Å². The Morgan fingerprint density at radius 1 is 1.12 bits per heavy atom. The molecule has 1 amide bonds. The lowest BCUT2D eigenvalue weighted by Gasteiger charge is -2.08. The molecule has 0 aliphatic heterocycles. The van der Waals surface area contributed by atoms with Gasteiger partial charge in [-0.2, -0.15) is 4.68 Å². The molecular formula is C16H14BrN5O2. The van der Waals surface area contributed by atoms with Crippen molar-refractivity contribution in [3.05, 3.63) is 64.9 Å². The van der Waals surface area contributed by atoms with Crippen LogP contribution in [0.4, 0.5) is 0 Å². The highest BCUT2D eigenvalue weighted by molar-refractivity contribution is 9.10. The fourth-order valence-electron chi connectivity index (χ4n) is 1.99. The molecule has 122 valence electrons. The lowest BCUT2D eigenvalue weighted by molar-refractivity contribution is -0.123. The van der Waals surface area contributed by atoms with Crippen LogP contribution in [-0.2, 0) is 11.3 Å². The Kier molecular flexibility index (Phi) is 5.17. The summed E-state index contributed by atoms with van der Waals surface area (Å²) >= 11 is 3.38. The molecule has 0 saturated carbocycles. The molecule has 8 heteroatoms. The normalized spacial score (nSPS) is 10.4. The first-order chi connectivity index (χ1) is 11.7. The van der Waals surface area contributed by atoms with Gasteiger partial charge in [0, 0.05) is 4.47 Å². The minimum absolute atomic E-state index is 0.0656. The van der Waals surface area contributed by atoms with Crippen LogP contribution in [0.25, 0.3) is 5.69 Å². The van der Waals surface area contributed by atoms with Crippen LogP contribution in [0.3, 0.4) is 0 Å². The number of tetrazole rings is 1. The van der Waals surface area contributed by atoms with Crippen LogP contribution in [-0.4, -0.2) is 32.7 Å². The van der Waals surface area contributed by atoms with Gasteiger partial charge in [0.25, 0.3) is 5.91 Å². The van der Waals surface area contributed by atoms with E-state index in [2.05, 4.69) is 36.8 Å². The molecule has 3 aromatic rings. The molecule has 24 heavy (non-hydrogen) atoms. The van der Waals surface area contributed by atoms with Crippen molar-refractivity contribution in [2.45, 2.75) is 6.54 Å². The number of benzene rings is 2. The number of carbonyl (C=O) groups excluding carboxylic acids is 1. The van der Waals surface area contributed by atoms with Gasteiger partial charge in [0.05, 0.1) is 12.2 Å². The smallest absolute Gasteiger partial charge is 0.258 e. The summed E-state index contributed by atoms with van der Waals surface area (Å²) in [6.07, 6.45) is 0. The maximum Gasteiger partial charge on any atom is 0.258 e. The van der Waals surface area contributed by atoms with Gasteiger partial charge in [-0.05, 0) is 46.8 Å². The molecule has 0 saturated heterocycles. The van der Waals surface area contributed by atoms with Crippen LogP contribution in [0.5, 0.6) is 5.75 Å². The third kappa shape index (κ3) is 4.17. The fourth-order valence-corrected chi connectivity index (χ4v) is 2.26. The van der Waals surface area contributed by atoms with Crippen molar-refractivity contribution >= 4 is 21.8 Å². The quantitative estimate of drug-likeness (QED) is 0.700. The summed E-state index contributed by atoms with van der Waals surface area (Å²) < 4.78 is 7.93. The van der Waals surface area contributed by atoms with Crippen molar-refractivity contribution < 1.29 is 9.53 Å². The first kappa shape index (κ1) is 16.1. The molecule has 1 N–H and O–H groups in total. The maximum absolute atomic E-state index is 11.9. The molecule has 0 unspecified atom stereocenters. The summed E-state index contributed by atoms with van der Waals surface area (Å²) in [6.45, 7) is 0.143. The first-order valence-electron chi connectivity index (χ1n) is 7.20. The molecule has 1 aromatic heterocycles. The number of nitrogens with one attached hydrogen (secondary N) is 1. The van der Waals surface area contributed by atoms with Crippen LogP contribution in [0.15, 0.2) is 59.1 Å². The van der Waals surface area contributed by atoms with Gasteiger partial charge in [-0.25, -0.2) is 0 Å². The number of carbonyl (C=O) groups is 1. The van der Waals surface area contributed by atoms with Gasteiger partial charge in [0.2, 0.25) is 0 Å². The molecule has 3 rings (SSSR count). The third-order valence-electron chi connectivity index (χ3n) is 3.16. The summed E-state index contributed by atoms with van der Waals surface area (Å²) in [6, 6.07) is 16.7. The Bertz CT molecular complexity index is 805. The monoisotopic (exact) mass is 387 g/mol. The number of hydrogen-bond acceptors (Lipinski definition) is 5. The van der Waals surface area contributed by atoms with Gasteiger partial charge >= 0.3 is 0 Å². The van der Waals surface area contributed by atoms with Crippen LogP contribution in [0.1, 0.15) is 5.82 Å². The lowest BCUT2D eigenvalue weighted by Crippen LogP contribution is -2.29. The fraction of sp³-hybridized carbons (Fsp3) is 0.125. The van der Waals surface area contributed by atoms with Crippen LogP contribution >= 0.6 is 15.9 Å². The first-order valence-corrected chi connectivity index (χ1v) is 7.99. The number of rotatable bonds is 6. The largest absolute Gasteiger partial charge is 0.484 e. The SMILES string of the molecule is O=C(COc1ccccc1)NCc1nnnn1-c1ccc(Br)cc1. The predicted molar refractivity (Wildman–Crippen MR) is 90.6 cm³/mol. The van der Waals surface area contributed by atoms with E-state index in [-0.39, 0.29) is 19.1 Å². The molecule has 2 aromatic carbocycles. The number of halogens is 1. The average Bonchev–Trinajstić information content (AvgIpc) is 3.08. The Morgan fingerprint density at radius 2 is 1.88 bits per heavy atom. The number of aromatic nitrogens is 4. The summed E-state index contributed by atoms with van der Waals surface area (Å²) in [5.41, 5.74) is 0.813. The second-order valence-corrected chi connectivity index (χ2v) is 5.78. The lowest BCUT2D eigenvalue weighted by atomic mass is 10.3. The van der Waals surface area contributed by atoms with E-state index in [1.165, 1.54) is 0 Å². The number of nitrogens with zero attached hydrogens (tertiary/aromatic N) is 4. The minimum atomic E-state index is -0.246. The molecule has 7 nitrogen and oxygen atoms in total. The van der Waals surface area contributed by atoms with E-state index >= 15 is 0 Å². The Labute approximate surface area is 146 Å². The molecule has 0 radical (unpaired) electrons. The number of para-hydroxylation sites is 1. The standard InChI is InChI=1S/C16H14BrN5O2/c17-12-6-8-13(9-7-12)22-15(19-20-21-22)10-18-16(23)11-24-14-4-2-1-3-5-14/h1-9H,10-11H2,(H,18,23). The zero-order valence-electron chi connectivity index (χ0n) is 12.6. The van der Waals surface area contributed by atoms with Gasteiger partial charge < -0.3 is 10.1 Å². The summed E-state index contributed by atoms with van der Waals surface area (Å²) in [7, 11) is 0. The van der Waals surface area contributed by atoms with Gasteiger partial charge in [-0.3, -0.25) is 4.79 Å². The predicted octanol–water partition coefficient (Wildman–Crippen LogP) is 2.12. The highest BCUT2D eigenvalue weighted by Gasteiger charge is 2.10. The molecule has 0 bridgehead atoms. The van der Waals surface area contributed by atoms with E-state index in [9.17, 15) is 4.79 Å². The third-order valence-corrected chi connectivity index (χ3v) is 3.69. The second kappa shape index (κ2) is 7.69. The molecule has 0 aliphatic rings. The average molecular weight is 388 g/mol. The summed E-state index contributed by atoms with van der Waals surface area (Å²) in [5, 5.41) is 14.3. The van der Waals surface area contributed by atoms with Crippen molar-refractivity contribution in [2.75, 3.05) is 6.61 Å². The summed E-state index contributed by atoms with van der Waals surface area (Å²) in [4.78, 5) is 11.9. The van der Waals surface area contributed by atoms with Crippen molar-refractivity contribution in [2.24, 2.45) is 0 Å². The van der Waals surface area contributed by atoms with Crippen LogP contribution in [0, 0.1) is 0 Å². The van der Waals surface area contributed by atoms with Crippen LogP contribution in [0.2, 0.25) is 0 Å². The Balaban J connectivity index is 1.56. The molecule has 1 heterocycles. The molecule has 0 spiro atoms. The van der Waals surface area contributed by atoms with E-state index in [1.807, 2.05) is 42.5 Å². The zero-order valence-corrected chi connectivity index (χ0v) is 14.2. The van der Waals surface area contributed by atoms with E-state index in [0.717, 1.165) is 10.2 Å².